The summed E-state index contributed by atoms with van der Waals surface area (Å²) in [4.78, 5) is 19.3. The molecular formula is C43H54N2O9. The van der Waals surface area contributed by atoms with Crippen LogP contribution in [-0.4, -0.2) is 105 Å². The van der Waals surface area contributed by atoms with Crippen molar-refractivity contribution in [3.63, 3.8) is 0 Å². The summed E-state index contributed by atoms with van der Waals surface area (Å²) in [5, 5.41) is 19.5. The van der Waals surface area contributed by atoms with Gasteiger partial charge in [0, 0.05) is 27.3 Å². The van der Waals surface area contributed by atoms with Gasteiger partial charge in [-0.15, -0.1) is 0 Å². The molecule has 0 spiro atoms. The summed E-state index contributed by atoms with van der Waals surface area (Å²) in [7, 11) is 3.24. The molecule has 0 unspecified atom stereocenters. The SMILES string of the molecule is COCCOCO[C@@H]1[C@@H](OCOCCOC)[C@@H](Cc2ccccc2)N(Cc2ccc(CO)cc2)C(=O)N(Cc2ccc(CO)cc2)[C@@H]1Cc1ccccc1. The Kier molecular flexibility index (Phi) is 16.9. The molecule has 0 aromatic heterocycles. The summed E-state index contributed by atoms with van der Waals surface area (Å²) in [6.07, 6.45) is -0.387. The number of rotatable bonds is 22. The fraction of sp³-hybridized carbons (Fsp3) is 0.419. The Hall–Kier alpha value is -4.17. The molecule has 0 bridgehead atoms. The molecule has 5 rings (SSSR count). The quantitative estimate of drug-likeness (QED) is 0.0813. The molecule has 11 nitrogen and oxygen atoms in total. The van der Waals surface area contributed by atoms with Crippen molar-refractivity contribution in [2.24, 2.45) is 0 Å². The van der Waals surface area contributed by atoms with E-state index in [1.165, 1.54) is 0 Å². The van der Waals surface area contributed by atoms with Crippen molar-refractivity contribution in [3.8, 4) is 0 Å². The molecule has 290 valence electrons. The summed E-state index contributed by atoms with van der Waals surface area (Å²) < 4.78 is 35.8. The minimum Gasteiger partial charge on any atom is -0.392 e. The monoisotopic (exact) mass is 742 g/mol. The first-order valence-electron chi connectivity index (χ1n) is 18.4. The number of amides is 2. The van der Waals surface area contributed by atoms with Gasteiger partial charge in [-0.3, -0.25) is 0 Å². The van der Waals surface area contributed by atoms with Crippen LogP contribution in [-0.2, 0) is 67.6 Å². The third-order valence-corrected chi connectivity index (χ3v) is 9.62. The molecule has 0 aliphatic carbocycles. The Morgan fingerprint density at radius 3 is 1.22 bits per heavy atom. The highest BCUT2D eigenvalue weighted by atomic mass is 16.7. The van der Waals surface area contributed by atoms with E-state index in [-0.39, 0.29) is 45.9 Å². The molecule has 4 aromatic rings. The minimum atomic E-state index is -0.671. The lowest BCUT2D eigenvalue weighted by atomic mass is 9.90. The second-order valence-electron chi connectivity index (χ2n) is 13.3. The highest BCUT2D eigenvalue weighted by molar-refractivity contribution is 5.76. The van der Waals surface area contributed by atoms with Crippen molar-refractivity contribution in [2.75, 3.05) is 54.2 Å². The van der Waals surface area contributed by atoms with Crippen LogP contribution in [0.1, 0.15) is 33.4 Å². The van der Waals surface area contributed by atoms with Crippen molar-refractivity contribution in [2.45, 2.75) is 63.4 Å². The maximum absolute atomic E-state index is 15.5. The number of hydrogen-bond donors (Lipinski definition) is 2. The molecule has 1 fully saturated rings. The third kappa shape index (κ3) is 11.9. The Morgan fingerprint density at radius 1 is 0.500 bits per heavy atom. The number of carbonyl (C=O) groups is 1. The molecule has 1 heterocycles. The van der Waals surface area contributed by atoms with E-state index in [0.717, 1.165) is 33.4 Å². The number of aliphatic hydroxyl groups is 2. The normalized spacial score (nSPS) is 18.9. The standard InChI is InChI=1S/C43H54N2O9/c1-49-21-23-51-31-53-41-39(25-33-9-5-3-6-10-33)44(27-35-13-17-37(29-46)18-14-35)43(48)45(28-36-15-19-38(30-47)20-16-36)40(26-34-11-7-4-8-12-34)42(41)54-32-52-24-22-50-2/h3-20,39-42,46-47H,21-32H2,1-2H3/t39-,40-,41+,42+/m1/s1. The van der Waals surface area contributed by atoms with Gasteiger partial charge in [0.25, 0.3) is 0 Å². The highest BCUT2D eigenvalue weighted by Crippen LogP contribution is 2.33. The molecule has 2 amide bonds. The van der Waals surface area contributed by atoms with Gasteiger partial charge in [0.05, 0.1) is 51.7 Å². The van der Waals surface area contributed by atoms with Crippen LogP contribution in [0.3, 0.4) is 0 Å². The number of urea groups is 1. The second kappa shape index (κ2) is 22.3. The van der Waals surface area contributed by atoms with Gasteiger partial charge in [0.15, 0.2) is 0 Å². The first-order valence-corrected chi connectivity index (χ1v) is 18.4. The van der Waals surface area contributed by atoms with Crippen LogP contribution in [0.4, 0.5) is 4.79 Å². The summed E-state index contributed by atoms with van der Waals surface area (Å²) in [6, 6.07) is 34.3. The number of benzene rings is 4. The Morgan fingerprint density at radius 2 is 0.870 bits per heavy atom. The van der Waals surface area contributed by atoms with Gasteiger partial charge in [-0.2, -0.15) is 0 Å². The third-order valence-electron chi connectivity index (χ3n) is 9.62. The zero-order valence-corrected chi connectivity index (χ0v) is 31.3. The topological polar surface area (TPSA) is 119 Å². The molecule has 54 heavy (non-hydrogen) atoms. The van der Waals surface area contributed by atoms with E-state index in [1.54, 1.807) is 14.2 Å². The summed E-state index contributed by atoms with van der Waals surface area (Å²) in [6.45, 7) is 1.80. The first kappa shape index (κ1) is 41.0. The van der Waals surface area contributed by atoms with Crippen LogP contribution in [0.2, 0.25) is 0 Å². The van der Waals surface area contributed by atoms with Crippen molar-refractivity contribution < 1.29 is 43.4 Å². The lowest BCUT2D eigenvalue weighted by Crippen LogP contribution is -2.53. The lowest BCUT2D eigenvalue weighted by Gasteiger charge is -2.38. The van der Waals surface area contributed by atoms with E-state index in [0.29, 0.717) is 39.3 Å². The number of nitrogens with zero attached hydrogens (tertiary/aromatic N) is 2. The zero-order valence-electron chi connectivity index (χ0n) is 31.3. The van der Waals surface area contributed by atoms with Crippen molar-refractivity contribution in [1.29, 1.82) is 0 Å². The highest BCUT2D eigenvalue weighted by Gasteiger charge is 2.49. The lowest BCUT2D eigenvalue weighted by molar-refractivity contribution is -0.192. The van der Waals surface area contributed by atoms with Gasteiger partial charge in [0.2, 0.25) is 0 Å². The van der Waals surface area contributed by atoms with Crippen LogP contribution in [0.5, 0.6) is 0 Å². The molecule has 1 aliphatic heterocycles. The Balaban J connectivity index is 1.66. The summed E-state index contributed by atoms with van der Waals surface area (Å²) in [5.74, 6) is 0. The maximum atomic E-state index is 15.5. The molecule has 4 aromatic carbocycles. The number of ether oxygens (including phenoxy) is 6. The number of hydrogen-bond acceptors (Lipinski definition) is 9. The van der Waals surface area contributed by atoms with Gasteiger partial charge in [-0.25, -0.2) is 4.79 Å². The van der Waals surface area contributed by atoms with E-state index >= 15 is 4.79 Å². The smallest absolute Gasteiger partial charge is 0.321 e. The fourth-order valence-electron chi connectivity index (χ4n) is 6.74. The van der Waals surface area contributed by atoms with Gasteiger partial charge in [-0.1, -0.05) is 109 Å². The second-order valence-corrected chi connectivity index (χ2v) is 13.3. The van der Waals surface area contributed by atoms with Crippen LogP contribution in [0.15, 0.2) is 109 Å². The Bertz CT molecular complexity index is 1510. The zero-order chi connectivity index (χ0) is 38.0. The van der Waals surface area contributed by atoms with Crippen molar-refractivity contribution >= 4 is 6.03 Å². The van der Waals surface area contributed by atoms with Crippen molar-refractivity contribution in [3.05, 3.63) is 143 Å². The van der Waals surface area contributed by atoms with Crippen LogP contribution in [0, 0.1) is 0 Å². The van der Waals surface area contributed by atoms with Crippen LogP contribution < -0.4 is 0 Å². The largest absolute Gasteiger partial charge is 0.392 e. The number of methoxy groups -OCH3 is 2. The number of carbonyl (C=O) groups excluding carboxylic acids is 1. The maximum Gasteiger partial charge on any atom is 0.321 e. The first-order chi connectivity index (χ1) is 26.5. The predicted octanol–water partition coefficient (Wildman–Crippen LogP) is 5.34. The predicted molar refractivity (Wildman–Crippen MR) is 204 cm³/mol. The van der Waals surface area contributed by atoms with Gasteiger partial charge >= 0.3 is 6.03 Å². The average Bonchev–Trinajstić information content (AvgIpc) is 3.28. The van der Waals surface area contributed by atoms with Gasteiger partial charge < -0.3 is 48.4 Å². The van der Waals surface area contributed by atoms with E-state index < -0.39 is 24.3 Å². The molecular weight excluding hydrogens is 688 g/mol. The number of aliphatic hydroxyl groups excluding tert-OH is 2. The van der Waals surface area contributed by atoms with E-state index in [1.807, 2.05) is 94.7 Å². The average molecular weight is 743 g/mol. The van der Waals surface area contributed by atoms with Crippen molar-refractivity contribution in [1.82, 2.24) is 9.80 Å². The van der Waals surface area contributed by atoms with Gasteiger partial charge in [0.1, 0.15) is 25.8 Å². The molecule has 4 atom stereocenters. The molecule has 2 N–H and O–H groups in total. The fourth-order valence-corrected chi connectivity index (χ4v) is 6.74. The summed E-state index contributed by atoms with van der Waals surface area (Å²) in [5.41, 5.74) is 5.45. The molecule has 11 heteroatoms. The van der Waals surface area contributed by atoms with Gasteiger partial charge in [-0.05, 0) is 46.2 Å². The molecule has 1 saturated heterocycles. The van der Waals surface area contributed by atoms with E-state index in [2.05, 4.69) is 24.3 Å². The van der Waals surface area contributed by atoms with E-state index in [4.69, 9.17) is 28.4 Å². The van der Waals surface area contributed by atoms with Crippen LogP contribution >= 0.6 is 0 Å². The molecule has 0 radical (unpaired) electrons. The minimum absolute atomic E-state index is 0.0440. The molecule has 1 aliphatic rings. The van der Waals surface area contributed by atoms with E-state index in [9.17, 15) is 10.2 Å². The Labute approximate surface area is 318 Å². The molecule has 0 saturated carbocycles. The summed E-state index contributed by atoms with van der Waals surface area (Å²) >= 11 is 0. The van der Waals surface area contributed by atoms with Crippen LogP contribution in [0.25, 0.3) is 0 Å².